The average Bonchev–Trinajstić information content (AvgIpc) is 2.99. The molecule has 4 nitrogen and oxygen atoms in total. The molecule has 0 unspecified atom stereocenters. The van der Waals surface area contributed by atoms with E-state index in [1.54, 1.807) is 35.6 Å². The van der Waals surface area contributed by atoms with Gasteiger partial charge in [0.05, 0.1) is 12.7 Å². The lowest BCUT2D eigenvalue weighted by Gasteiger charge is -2.13. The Morgan fingerprint density at radius 2 is 1.86 bits per heavy atom. The van der Waals surface area contributed by atoms with Crippen LogP contribution in [0.1, 0.15) is 32.5 Å². The van der Waals surface area contributed by atoms with Crippen LogP contribution < -0.4 is 5.32 Å². The number of rotatable bonds is 5. The zero-order valence-corrected chi connectivity index (χ0v) is 12.8. The Balaban J connectivity index is 1.95. The van der Waals surface area contributed by atoms with Gasteiger partial charge < -0.3 is 10.1 Å². The lowest BCUT2D eigenvalue weighted by Crippen LogP contribution is -2.33. The van der Waals surface area contributed by atoms with Crippen LogP contribution in [0, 0.1) is 0 Å². The molecule has 0 saturated carbocycles. The Morgan fingerprint density at radius 1 is 1.19 bits per heavy atom. The summed E-state index contributed by atoms with van der Waals surface area (Å²) in [6, 6.07) is 10.5. The Labute approximate surface area is 127 Å². The van der Waals surface area contributed by atoms with Crippen LogP contribution in [0.25, 0.3) is 0 Å². The van der Waals surface area contributed by atoms with Crippen molar-refractivity contribution in [3.8, 4) is 0 Å². The highest BCUT2D eigenvalue weighted by Gasteiger charge is 2.12. The van der Waals surface area contributed by atoms with Crippen LogP contribution in [0.2, 0.25) is 0 Å². The van der Waals surface area contributed by atoms with Gasteiger partial charge in [0.15, 0.2) is 0 Å². The van der Waals surface area contributed by atoms with Crippen LogP contribution in [-0.4, -0.2) is 25.0 Å². The topological polar surface area (TPSA) is 55.4 Å². The first-order valence-electron chi connectivity index (χ1n) is 6.61. The molecule has 0 fully saturated rings. The van der Waals surface area contributed by atoms with E-state index in [4.69, 9.17) is 0 Å². The van der Waals surface area contributed by atoms with Crippen LogP contribution in [-0.2, 0) is 11.2 Å². The van der Waals surface area contributed by atoms with Crippen LogP contribution >= 0.6 is 11.3 Å². The first-order valence-corrected chi connectivity index (χ1v) is 7.49. The molecule has 0 bridgehead atoms. The summed E-state index contributed by atoms with van der Waals surface area (Å²) in [5.41, 5.74) is 0.960. The molecule has 1 atom stereocenters. The number of carbonyl (C=O) groups is 2. The first kappa shape index (κ1) is 15.3. The predicted molar refractivity (Wildman–Crippen MR) is 82.7 cm³/mol. The number of nitrogens with one attached hydrogen (secondary N) is 1. The third kappa shape index (κ3) is 4.16. The van der Waals surface area contributed by atoms with Gasteiger partial charge in [-0.3, -0.25) is 4.79 Å². The molecular weight excluding hydrogens is 286 g/mol. The van der Waals surface area contributed by atoms with Gasteiger partial charge in [0.1, 0.15) is 0 Å². The first-order chi connectivity index (χ1) is 10.1. The van der Waals surface area contributed by atoms with E-state index in [1.807, 2.05) is 18.4 Å². The number of thiophene rings is 1. The quantitative estimate of drug-likeness (QED) is 0.864. The molecule has 0 aliphatic carbocycles. The third-order valence-electron chi connectivity index (χ3n) is 3.03. The van der Waals surface area contributed by atoms with E-state index in [9.17, 15) is 9.59 Å². The summed E-state index contributed by atoms with van der Waals surface area (Å²) in [6.07, 6.45) is 0.809. The summed E-state index contributed by atoms with van der Waals surface area (Å²) >= 11 is 1.68. The molecule has 0 spiro atoms. The minimum Gasteiger partial charge on any atom is -0.465 e. The van der Waals surface area contributed by atoms with Crippen molar-refractivity contribution in [1.29, 1.82) is 0 Å². The molecule has 0 aliphatic heterocycles. The normalized spacial score (nSPS) is 11.7. The van der Waals surface area contributed by atoms with Crippen molar-refractivity contribution in [3.63, 3.8) is 0 Å². The number of amides is 1. The Hall–Kier alpha value is -2.14. The summed E-state index contributed by atoms with van der Waals surface area (Å²) in [5.74, 6) is -0.552. The van der Waals surface area contributed by atoms with Crippen LogP contribution in [0.15, 0.2) is 41.8 Å². The highest BCUT2D eigenvalue weighted by Crippen LogP contribution is 2.12. The molecule has 0 saturated heterocycles. The van der Waals surface area contributed by atoms with Gasteiger partial charge in [0, 0.05) is 22.9 Å². The lowest BCUT2D eigenvalue weighted by molar-refractivity contribution is 0.0600. The van der Waals surface area contributed by atoms with Crippen molar-refractivity contribution < 1.29 is 14.3 Å². The van der Waals surface area contributed by atoms with Gasteiger partial charge in [-0.1, -0.05) is 6.07 Å². The van der Waals surface area contributed by atoms with E-state index >= 15 is 0 Å². The average molecular weight is 303 g/mol. The van der Waals surface area contributed by atoms with Crippen LogP contribution in [0.3, 0.4) is 0 Å². The fraction of sp³-hybridized carbons (Fsp3) is 0.250. The highest BCUT2D eigenvalue weighted by atomic mass is 32.1. The number of carbonyl (C=O) groups excluding carboxylic acids is 2. The maximum atomic E-state index is 12.1. The Kier molecular flexibility index (Phi) is 5.11. The third-order valence-corrected chi connectivity index (χ3v) is 3.93. The number of hydrogen-bond acceptors (Lipinski definition) is 4. The lowest BCUT2D eigenvalue weighted by atomic mass is 10.1. The molecule has 0 radical (unpaired) electrons. The summed E-state index contributed by atoms with van der Waals surface area (Å²) in [7, 11) is 1.33. The molecule has 0 aliphatic rings. The maximum absolute atomic E-state index is 12.1. The van der Waals surface area contributed by atoms with Crippen LogP contribution in [0.5, 0.6) is 0 Å². The number of methoxy groups -OCH3 is 1. The molecule has 1 aromatic carbocycles. The molecule has 21 heavy (non-hydrogen) atoms. The van der Waals surface area contributed by atoms with Crippen molar-refractivity contribution in [2.45, 2.75) is 19.4 Å². The minimum absolute atomic E-state index is 0.0523. The van der Waals surface area contributed by atoms with Gasteiger partial charge in [-0.15, -0.1) is 11.3 Å². The summed E-state index contributed by atoms with van der Waals surface area (Å²) < 4.78 is 4.62. The van der Waals surface area contributed by atoms with Crippen molar-refractivity contribution in [2.24, 2.45) is 0 Å². The molecule has 5 heteroatoms. The Bertz CT molecular complexity index is 605. The molecule has 1 aromatic heterocycles. The Morgan fingerprint density at radius 3 is 2.43 bits per heavy atom. The SMILES string of the molecule is COC(=O)c1ccc(C(=O)N[C@@H](C)Cc2cccs2)cc1. The molecule has 1 N–H and O–H groups in total. The fourth-order valence-electron chi connectivity index (χ4n) is 1.96. The van der Waals surface area contributed by atoms with Crippen molar-refractivity contribution in [3.05, 3.63) is 57.8 Å². The molecule has 2 rings (SSSR count). The van der Waals surface area contributed by atoms with E-state index in [-0.39, 0.29) is 11.9 Å². The van der Waals surface area contributed by atoms with Crippen molar-refractivity contribution in [2.75, 3.05) is 7.11 Å². The van der Waals surface area contributed by atoms with Gasteiger partial charge in [0.25, 0.3) is 5.91 Å². The highest BCUT2D eigenvalue weighted by molar-refractivity contribution is 7.09. The second-order valence-electron chi connectivity index (χ2n) is 4.73. The van der Waals surface area contributed by atoms with Gasteiger partial charge in [0.2, 0.25) is 0 Å². The largest absolute Gasteiger partial charge is 0.465 e. The van der Waals surface area contributed by atoms with Crippen molar-refractivity contribution >= 4 is 23.2 Å². The summed E-state index contributed by atoms with van der Waals surface area (Å²) in [5, 5.41) is 4.97. The van der Waals surface area contributed by atoms with Crippen molar-refractivity contribution in [1.82, 2.24) is 5.32 Å². The van der Waals surface area contributed by atoms with Crippen LogP contribution in [0.4, 0.5) is 0 Å². The number of ether oxygens (including phenoxy) is 1. The fourth-order valence-corrected chi connectivity index (χ4v) is 2.80. The molecule has 110 valence electrons. The minimum atomic E-state index is -0.409. The van der Waals surface area contributed by atoms with Gasteiger partial charge >= 0.3 is 5.97 Å². The van der Waals surface area contributed by atoms with E-state index < -0.39 is 5.97 Å². The summed E-state index contributed by atoms with van der Waals surface area (Å²) in [4.78, 5) is 24.7. The van der Waals surface area contributed by atoms with Gasteiger partial charge in [-0.25, -0.2) is 4.79 Å². The summed E-state index contributed by atoms with van der Waals surface area (Å²) in [6.45, 7) is 1.97. The van der Waals surface area contributed by atoms with E-state index in [1.165, 1.54) is 12.0 Å². The second-order valence-corrected chi connectivity index (χ2v) is 5.76. The second kappa shape index (κ2) is 7.04. The molecular formula is C16H17NO3S. The number of hydrogen-bond donors (Lipinski definition) is 1. The van der Waals surface area contributed by atoms with E-state index in [2.05, 4.69) is 16.1 Å². The number of esters is 1. The maximum Gasteiger partial charge on any atom is 0.337 e. The van der Waals surface area contributed by atoms with E-state index in [0.717, 1.165) is 6.42 Å². The standard InChI is InChI=1S/C16H17NO3S/c1-11(10-14-4-3-9-21-14)17-15(18)12-5-7-13(8-6-12)16(19)20-2/h3-9,11H,10H2,1-2H3,(H,17,18)/t11-/m0/s1. The van der Waals surface area contributed by atoms with Gasteiger partial charge in [-0.05, 0) is 42.6 Å². The van der Waals surface area contributed by atoms with Gasteiger partial charge in [-0.2, -0.15) is 0 Å². The smallest absolute Gasteiger partial charge is 0.337 e. The predicted octanol–water partition coefficient (Wildman–Crippen LogP) is 2.90. The molecule has 2 aromatic rings. The zero-order valence-electron chi connectivity index (χ0n) is 12.0. The monoisotopic (exact) mass is 303 g/mol. The number of benzene rings is 1. The molecule has 1 amide bonds. The van der Waals surface area contributed by atoms with E-state index in [0.29, 0.717) is 11.1 Å². The zero-order chi connectivity index (χ0) is 15.2. The molecule has 1 heterocycles.